The lowest BCUT2D eigenvalue weighted by Gasteiger charge is -2.08. The van der Waals surface area contributed by atoms with Gasteiger partial charge in [-0.05, 0) is 48.9 Å². The van der Waals surface area contributed by atoms with Crippen LogP contribution in [0, 0.1) is 5.82 Å². The average Bonchev–Trinajstić information content (AvgIpc) is 3.21. The first kappa shape index (κ1) is 20.5. The maximum absolute atomic E-state index is 13.1. The van der Waals surface area contributed by atoms with Gasteiger partial charge in [0.25, 0.3) is 0 Å². The van der Waals surface area contributed by atoms with Crippen molar-refractivity contribution in [1.29, 1.82) is 0 Å². The number of rotatable bonds is 9. The lowest BCUT2D eigenvalue weighted by molar-refractivity contribution is 0.0696. The summed E-state index contributed by atoms with van der Waals surface area (Å²) in [6, 6.07) is 12.3. The summed E-state index contributed by atoms with van der Waals surface area (Å²) in [5.41, 5.74) is 1.99. The Morgan fingerprint density at radius 3 is 2.76 bits per heavy atom. The van der Waals surface area contributed by atoms with Crippen LogP contribution in [0.2, 0.25) is 0 Å². The number of carboxylic acid groups (broad SMARTS) is 1. The SMILES string of the molecule is CCCO/N=C(/COc1cccc(C(=O)O)c1)c1csc(-c2ccc(F)cc2)n1. The second-order valence-electron chi connectivity index (χ2n) is 6.04. The van der Waals surface area contributed by atoms with E-state index in [0.29, 0.717) is 23.8 Å². The molecule has 0 atom stereocenters. The Bertz CT molecular complexity index is 1000. The van der Waals surface area contributed by atoms with Gasteiger partial charge in [-0.25, -0.2) is 14.2 Å². The molecule has 0 aliphatic carbocycles. The first-order valence-corrected chi connectivity index (χ1v) is 9.81. The molecular weight excluding hydrogens is 395 g/mol. The highest BCUT2D eigenvalue weighted by Gasteiger charge is 2.13. The molecule has 6 nitrogen and oxygen atoms in total. The van der Waals surface area contributed by atoms with Gasteiger partial charge in [0.1, 0.15) is 41.2 Å². The summed E-state index contributed by atoms with van der Waals surface area (Å²) in [6.45, 7) is 2.48. The van der Waals surface area contributed by atoms with Crippen LogP contribution in [0.3, 0.4) is 0 Å². The maximum atomic E-state index is 13.1. The number of carbonyl (C=O) groups is 1. The van der Waals surface area contributed by atoms with E-state index in [-0.39, 0.29) is 18.0 Å². The van der Waals surface area contributed by atoms with Crippen molar-refractivity contribution in [3.8, 4) is 16.3 Å². The van der Waals surface area contributed by atoms with Crippen molar-refractivity contribution in [3.63, 3.8) is 0 Å². The van der Waals surface area contributed by atoms with E-state index in [1.54, 1.807) is 24.3 Å². The minimum Gasteiger partial charge on any atom is -0.487 e. The highest BCUT2D eigenvalue weighted by molar-refractivity contribution is 7.13. The van der Waals surface area contributed by atoms with E-state index < -0.39 is 5.97 Å². The molecule has 0 radical (unpaired) electrons. The minimum absolute atomic E-state index is 0.0549. The van der Waals surface area contributed by atoms with Crippen LogP contribution in [0.1, 0.15) is 29.4 Å². The quantitative estimate of drug-likeness (QED) is 0.307. The molecule has 0 bridgehead atoms. The van der Waals surface area contributed by atoms with Crippen molar-refractivity contribution in [3.05, 3.63) is 71.0 Å². The summed E-state index contributed by atoms with van der Waals surface area (Å²) in [5.74, 6) is -0.932. The summed E-state index contributed by atoms with van der Waals surface area (Å²) in [5, 5.41) is 15.8. The number of aromatic nitrogens is 1. The fourth-order valence-corrected chi connectivity index (χ4v) is 3.20. The standard InChI is InChI=1S/C21H19FN2O4S/c1-2-10-28-24-18(12-27-17-5-3-4-15(11-17)21(25)26)19-13-29-20(23-19)14-6-8-16(22)9-7-14/h3-9,11,13H,2,10,12H2,1H3,(H,25,26)/b24-18-. The van der Waals surface area contributed by atoms with Gasteiger partial charge >= 0.3 is 5.97 Å². The molecule has 8 heteroatoms. The number of ether oxygens (including phenoxy) is 1. The van der Waals surface area contributed by atoms with Crippen molar-refractivity contribution in [1.82, 2.24) is 4.98 Å². The van der Waals surface area contributed by atoms with Crippen molar-refractivity contribution in [2.45, 2.75) is 13.3 Å². The number of carboxylic acids is 1. The summed E-state index contributed by atoms with van der Waals surface area (Å²) in [6.07, 6.45) is 0.802. The smallest absolute Gasteiger partial charge is 0.335 e. The Morgan fingerprint density at radius 1 is 1.24 bits per heavy atom. The number of hydrogen-bond donors (Lipinski definition) is 1. The highest BCUT2D eigenvalue weighted by atomic mass is 32.1. The van der Waals surface area contributed by atoms with Crippen LogP contribution < -0.4 is 4.74 Å². The third-order valence-electron chi connectivity index (χ3n) is 3.82. The van der Waals surface area contributed by atoms with Gasteiger partial charge in [-0.2, -0.15) is 0 Å². The predicted molar refractivity (Wildman–Crippen MR) is 109 cm³/mol. The van der Waals surface area contributed by atoms with E-state index in [1.165, 1.54) is 35.6 Å². The van der Waals surface area contributed by atoms with Crippen molar-refractivity contribution in [2.75, 3.05) is 13.2 Å². The number of halogens is 1. The van der Waals surface area contributed by atoms with Gasteiger partial charge in [0.2, 0.25) is 0 Å². The van der Waals surface area contributed by atoms with E-state index >= 15 is 0 Å². The largest absolute Gasteiger partial charge is 0.487 e. The van der Waals surface area contributed by atoms with Gasteiger partial charge in [0, 0.05) is 10.9 Å². The van der Waals surface area contributed by atoms with Gasteiger partial charge in [-0.3, -0.25) is 0 Å². The van der Waals surface area contributed by atoms with Crippen LogP contribution in [-0.4, -0.2) is 35.0 Å². The normalized spacial score (nSPS) is 11.3. The first-order valence-electron chi connectivity index (χ1n) is 8.93. The van der Waals surface area contributed by atoms with Gasteiger partial charge in [-0.1, -0.05) is 18.1 Å². The van der Waals surface area contributed by atoms with Crippen LogP contribution in [0.5, 0.6) is 5.75 Å². The first-order chi connectivity index (χ1) is 14.1. The Labute approximate surface area is 171 Å². The Balaban J connectivity index is 1.79. The van der Waals surface area contributed by atoms with Crippen LogP contribution in [0.25, 0.3) is 10.6 Å². The lowest BCUT2D eigenvalue weighted by Crippen LogP contribution is -2.14. The molecule has 0 aliphatic heterocycles. The molecule has 0 spiro atoms. The molecule has 150 valence electrons. The number of thiazole rings is 1. The van der Waals surface area contributed by atoms with Crippen LogP contribution >= 0.6 is 11.3 Å². The Hall–Kier alpha value is -3.26. The molecular formula is C21H19FN2O4S. The summed E-state index contributed by atoms with van der Waals surface area (Å²) in [4.78, 5) is 21.0. The van der Waals surface area contributed by atoms with Gasteiger partial charge in [0.05, 0.1) is 5.56 Å². The number of oxime groups is 1. The van der Waals surface area contributed by atoms with Gasteiger partial charge in [-0.15, -0.1) is 11.3 Å². The van der Waals surface area contributed by atoms with Crippen molar-refractivity contribution < 1.29 is 23.9 Å². The number of hydrogen-bond acceptors (Lipinski definition) is 6. The number of aromatic carboxylic acids is 1. The zero-order valence-electron chi connectivity index (χ0n) is 15.7. The molecule has 0 fully saturated rings. The molecule has 29 heavy (non-hydrogen) atoms. The molecule has 2 aromatic carbocycles. The monoisotopic (exact) mass is 414 g/mol. The van der Waals surface area contributed by atoms with Gasteiger partial charge in [0.15, 0.2) is 0 Å². The van der Waals surface area contributed by atoms with E-state index in [0.717, 1.165) is 17.0 Å². The Morgan fingerprint density at radius 2 is 2.03 bits per heavy atom. The molecule has 0 amide bonds. The summed E-state index contributed by atoms with van der Waals surface area (Å²) in [7, 11) is 0. The Kier molecular flexibility index (Phi) is 6.91. The fraction of sp³-hybridized carbons (Fsp3) is 0.190. The van der Waals surface area contributed by atoms with E-state index in [9.17, 15) is 9.18 Å². The summed E-state index contributed by atoms with van der Waals surface area (Å²) >= 11 is 1.40. The zero-order valence-corrected chi connectivity index (χ0v) is 16.5. The average molecular weight is 414 g/mol. The van der Waals surface area contributed by atoms with E-state index in [1.807, 2.05) is 12.3 Å². The minimum atomic E-state index is -1.03. The molecule has 3 rings (SSSR count). The molecule has 0 saturated heterocycles. The summed E-state index contributed by atoms with van der Waals surface area (Å²) < 4.78 is 18.9. The van der Waals surface area contributed by atoms with E-state index in [2.05, 4.69) is 10.1 Å². The van der Waals surface area contributed by atoms with Crippen LogP contribution in [0.4, 0.5) is 4.39 Å². The van der Waals surface area contributed by atoms with Gasteiger partial charge < -0.3 is 14.7 Å². The zero-order chi connectivity index (χ0) is 20.6. The van der Waals surface area contributed by atoms with Crippen LogP contribution in [0.15, 0.2) is 59.1 Å². The van der Waals surface area contributed by atoms with E-state index in [4.69, 9.17) is 14.7 Å². The molecule has 1 heterocycles. The highest BCUT2D eigenvalue weighted by Crippen LogP contribution is 2.24. The topological polar surface area (TPSA) is 81.0 Å². The fourth-order valence-electron chi connectivity index (χ4n) is 2.36. The molecule has 0 saturated carbocycles. The molecule has 0 aliphatic rings. The molecule has 1 aromatic heterocycles. The third-order valence-corrected chi connectivity index (χ3v) is 4.71. The molecule has 1 N–H and O–H groups in total. The van der Waals surface area contributed by atoms with Crippen molar-refractivity contribution in [2.24, 2.45) is 5.16 Å². The second kappa shape index (κ2) is 9.79. The third kappa shape index (κ3) is 5.61. The maximum Gasteiger partial charge on any atom is 0.335 e. The second-order valence-corrected chi connectivity index (χ2v) is 6.90. The van der Waals surface area contributed by atoms with Crippen molar-refractivity contribution >= 4 is 23.0 Å². The molecule has 0 unspecified atom stereocenters. The molecule has 3 aromatic rings. The lowest BCUT2D eigenvalue weighted by atomic mass is 10.2. The predicted octanol–water partition coefficient (Wildman–Crippen LogP) is 4.86. The van der Waals surface area contributed by atoms with Crippen LogP contribution in [-0.2, 0) is 4.84 Å². The number of benzene rings is 2. The number of nitrogens with zero attached hydrogens (tertiary/aromatic N) is 2.